The zero-order valence-corrected chi connectivity index (χ0v) is 15.5. The molecule has 0 saturated heterocycles. The largest absolute Gasteiger partial charge is 0.489 e. The monoisotopic (exact) mass is 378 g/mol. The van der Waals surface area contributed by atoms with Gasteiger partial charge in [0.1, 0.15) is 18.2 Å². The lowest BCUT2D eigenvalue weighted by Crippen LogP contribution is -2.29. The molecule has 0 aliphatic heterocycles. The first-order valence-electron chi connectivity index (χ1n) is 9.21. The molecule has 144 valence electrons. The van der Waals surface area contributed by atoms with Crippen LogP contribution in [0, 0.1) is 5.82 Å². The molecule has 0 atom stereocenters. The zero-order valence-electron chi connectivity index (χ0n) is 15.5. The van der Waals surface area contributed by atoms with Crippen molar-refractivity contribution in [2.45, 2.75) is 13.0 Å². The van der Waals surface area contributed by atoms with E-state index in [1.54, 1.807) is 30.3 Å². The molecule has 0 heterocycles. The second-order valence-electron chi connectivity index (χ2n) is 6.37. The lowest BCUT2D eigenvalue weighted by molar-refractivity contribution is -0.115. The third kappa shape index (κ3) is 6.21. The highest BCUT2D eigenvalue weighted by atomic mass is 19.1. The number of hydrogen-bond acceptors (Lipinski definition) is 3. The van der Waals surface area contributed by atoms with E-state index in [0.29, 0.717) is 30.8 Å². The minimum Gasteiger partial charge on any atom is -0.489 e. The SMILES string of the molecule is O=C(CNCCc1ccccc1F)Nc1ccc(OCc2ccccc2)cc1. The highest BCUT2D eigenvalue weighted by Gasteiger charge is 2.04. The first kappa shape index (κ1) is 19.6. The molecule has 3 rings (SSSR count). The molecule has 0 aliphatic carbocycles. The molecule has 4 nitrogen and oxygen atoms in total. The highest BCUT2D eigenvalue weighted by Crippen LogP contribution is 2.17. The Kier molecular flexibility index (Phi) is 7.15. The molecule has 0 radical (unpaired) electrons. The second-order valence-corrected chi connectivity index (χ2v) is 6.37. The van der Waals surface area contributed by atoms with Crippen molar-refractivity contribution in [2.75, 3.05) is 18.4 Å². The fourth-order valence-electron chi connectivity index (χ4n) is 2.71. The molecule has 0 aromatic heterocycles. The van der Waals surface area contributed by atoms with Gasteiger partial charge in [0, 0.05) is 5.69 Å². The number of benzene rings is 3. The van der Waals surface area contributed by atoms with Crippen molar-refractivity contribution in [3.8, 4) is 5.75 Å². The second kappa shape index (κ2) is 10.2. The van der Waals surface area contributed by atoms with Gasteiger partial charge in [0.15, 0.2) is 0 Å². The topological polar surface area (TPSA) is 50.4 Å². The van der Waals surface area contributed by atoms with Gasteiger partial charge in [0.25, 0.3) is 0 Å². The van der Waals surface area contributed by atoms with Crippen LogP contribution in [0.1, 0.15) is 11.1 Å². The number of rotatable bonds is 9. The zero-order chi connectivity index (χ0) is 19.6. The van der Waals surface area contributed by atoms with E-state index in [9.17, 15) is 9.18 Å². The van der Waals surface area contributed by atoms with Crippen molar-refractivity contribution in [3.05, 3.63) is 95.8 Å². The van der Waals surface area contributed by atoms with Gasteiger partial charge < -0.3 is 15.4 Å². The van der Waals surface area contributed by atoms with Crippen LogP contribution in [-0.4, -0.2) is 19.0 Å². The molecule has 0 unspecified atom stereocenters. The molecule has 3 aromatic carbocycles. The predicted octanol–water partition coefficient (Wildman–Crippen LogP) is 4.18. The standard InChI is InChI=1S/C23H23FN2O2/c24-22-9-5-4-8-19(22)14-15-25-16-23(27)26-20-10-12-21(13-11-20)28-17-18-6-2-1-3-7-18/h1-13,25H,14-17H2,(H,26,27). The van der Waals surface area contributed by atoms with E-state index in [1.807, 2.05) is 42.5 Å². The maximum Gasteiger partial charge on any atom is 0.238 e. The van der Waals surface area contributed by atoms with Crippen molar-refractivity contribution < 1.29 is 13.9 Å². The lowest BCUT2D eigenvalue weighted by atomic mass is 10.1. The molecular formula is C23H23FN2O2. The predicted molar refractivity (Wildman–Crippen MR) is 109 cm³/mol. The van der Waals surface area contributed by atoms with Crippen molar-refractivity contribution in [1.82, 2.24) is 5.32 Å². The summed E-state index contributed by atoms with van der Waals surface area (Å²) in [5, 5.41) is 5.85. The van der Waals surface area contributed by atoms with E-state index in [0.717, 1.165) is 11.3 Å². The molecule has 0 saturated carbocycles. The summed E-state index contributed by atoms with van der Waals surface area (Å²) in [5.74, 6) is 0.375. The minimum absolute atomic E-state index is 0.147. The third-order valence-electron chi connectivity index (χ3n) is 4.20. The Labute approximate surface area is 164 Å². The average Bonchev–Trinajstić information content (AvgIpc) is 2.73. The van der Waals surface area contributed by atoms with Gasteiger partial charge in [-0.25, -0.2) is 4.39 Å². The van der Waals surface area contributed by atoms with Crippen LogP contribution in [0.2, 0.25) is 0 Å². The van der Waals surface area contributed by atoms with Crippen LogP contribution in [0.25, 0.3) is 0 Å². The van der Waals surface area contributed by atoms with Crippen LogP contribution < -0.4 is 15.4 Å². The summed E-state index contributed by atoms with van der Waals surface area (Å²) in [5.41, 5.74) is 2.44. The molecule has 0 bridgehead atoms. The summed E-state index contributed by atoms with van der Waals surface area (Å²) in [7, 11) is 0. The number of halogens is 1. The Morgan fingerprint density at radius 1 is 0.893 bits per heavy atom. The van der Waals surface area contributed by atoms with Gasteiger partial charge in [-0.1, -0.05) is 48.5 Å². The molecule has 3 aromatic rings. The molecular weight excluding hydrogens is 355 g/mol. The Balaban J connectivity index is 1.37. The molecule has 0 aliphatic rings. The summed E-state index contributed by atoms with van der Waals surface area (Å²) in [6.07, 6.45) is 0.535. The summed E-state index contributed by atoms with van der Waals surface area (Å²) in [6, 6.07) is 23.8. The van der Waals surface area contributed by atoms with Gasteiger partial charge in [0.2, 0.25) is 5.91 Å². The quantitative estimate of drug-likeness (QED) is 0.550. The number of carbonyl (C=O) groups excluding carboxylic acids is 1. The summed E-state index contributed by atoms with van der Waals surface area (Å²) in [6.45, 7) is 1.19. The molecule has 2 N–H and O–H groups in total. The van der Waals surface area contributed by atoms with Gasteiger partial charge in [-0.15, -0.1) is 0 Å². The maximum atomic E-state index is 13.5. The highest BCUT2D eigenvalue weighted by molar-refractivity contribution is 5.92. The molecule has 5 heteroatoms. The summed E-state index contributed by atoms with van der Waals surface area (Å²) >= 11 is 0. The first-order chi connectivity index (χ1) is 13.7. The maximum absolute atomic E-state index is 13.5. The number of ether oxygens (including phenoxy) is 1. The van der Waals surface area contributed by atoms with Gasteiger partial charge in [0.05, 0.1) is 6.54 Å². The van der Waals surface area contributed by atoms with Gasteiger partial charge in [-0.3, -0.25) is 4.79 Å². The fourth-order valence-corrected chi connectivity index (χ4v) is 2.71. The molecule has 0 spiro atoms. The number of carbonyl (C=O) groups is 1. The fraction of sp³-hybridized carbons (Fsp3) is 0.174. The minimum atomic E-state index is -0.219. The Morgan fingerprint density at radius 2 is 1.61 bits per heavy atom. The van der Waals surface area contributed by atoms with Gasteiger partial charge in [-0.05, 0) is 54.4 Å². The van der Waals surface area contributed by atoms with Crippen LogP contribution in [0.15, 0.2) is 78.9 Å². The van der Waals surface area contributed by atoms with Crippen molar-refractivity contribution in [2.24, 2.45) is 0 Å². The van der Waals surface area contributed by atoms with Crippen molar-refractivity contribution in [3.63, 3.8) is 0 Å². The number of amides is 1. The van der Waals surface area contributed by atoms with Crippen LogP contribution in [0.4, 0.5) is 10.1 Å². The molecule has 28 heavy (non-hydrogen) atoms. The van der Waals surface area contributed by atoms with Crippen molar-refractivity contribution in [1.29, 1.82) is 0 Å². The van der Waals surface area contributed by atoms with Crippen LogP contribution in [0.5, 0.6) is 5.75 Å². The van der Waals surface area contributed by atoms with E-state index in [2.05, 4.69) is 10.6 Å². The number of hydrogen-bond donors (Lipinski definition) is 2. The summed E-state index contributed by atoms with van der Waals surface area (Å²) in [4.78, 5) is 12.0. The number of nitrogens with one attached hydrogen (secondary N) is 2. The third-order valence-corrected chi connectivity index (χ3v) is 4.20. The van der Waals surface area contributed by atoms with E-state index in [1.165, 1.54) is 6.07 Å². The Bertz CT molecular complexity index is 883. The number of anilines is 1. The first-order valence-corrected chi connectivity index (χ1v) is 9.21. The van der Waals surface area contributed by atoms with Crippen molar-refractivity contribution >= 4 is 11.6 Å². The van der Waals surface area contributed by atoms with E-state index in [4.69, 9.17) is 4.74 Å². The normalized spacial score (nSPS) is 10.5. The van der Waals surface area contributed by atoms with E-state index < -0.39 is 0 Å². The van der Waals surface area contributed by atoms with Crippen LogP contribution in [0.3, 0.4) is 0 Å². The van der Waals surface area contributed by atoms with E-state index >= 15 is 0 Å². The van der Waals surface area contributed by atoms with Gasteiger partial charge in [-0.2, -0.15) is 0 Å². The average molecular weight is 378 g/mol. The lowest BCUT2D eigenvalue weighted by Gasteiger charge is -2.09. The molecule has 1 amide bonds. The van der Waals surface area contributed by atoms with Crippen LogP contribution >= 0.6 is 0 Å². The summed E-state index contributed by atoms with van der Waals surface area (Å²) < 4.78 is 19.3. The molecule has 0 fully saturated rings. The Morgan fingerprint density at radius 3 is 2.36 bits per heavy atom. The van der Waals surface area contributed by atoms with E-state index in [-0.39, 0.29) is 18.3 Å². The Hall–Kier alpha value is -3.18. The van der Waals surface area contributed by atoms with Crippen LogP contribution in [-0.2, 0) is 17.8 Å². The van der Waals surface area contributed by atoms with Gasteiger partial charge >= 0.3 is 0 Å². The smallest absolute Gasteiger partial charge is 0.238 e.